The molecule has 2 aliphatic rings. The summed E-state index contributed by atoms with van der Waals surface area (Å²) in [5.41, 5.74) is 6.29. The van der Waals surface area contributed by atoms with Gasteiger partial charge in [0.05, 0.1) is 0 Å². The Balaban J connectivity index is 1.81. The fourth-order valence-corrected chi connectivity index (χ4v) is 3.77. The third kappa shape index (κ3) is 3.69. The molecular weight excluding hydrogens is 208 g/mol. The van der Waals surface area contributed by atoms with Crippen LogP contribution >= 0.6 is 0 Å². The molecule has 0 bridgehead atoms. The maximum atomic E-state index is 6.29. The molecule has 2 saturated carbocycles. The summed E-state index contributed by atoms with van der Waals surface area (Å²) in [5, 5.41) is 0. The molecule has 3 unspecified atom stereocenters. The van der Waals surface area contributed by atoms with Gasteiger partial charge in [0.15, 0.2) is 0 Å². The van der Waals surface area contributed by atoms with Crippen LogP contribution in [0, 0.1) is 11.8 Å². The van der Waals surface area contributed by atoms with Crippen LogP contribution in [0.15, 0.2) is 0 Å². The lowest BCUT2D eigenvalue weighted by Gasteiger charge is -2.38. The van der Waals surface area contributed by atoms with Crippen molar-refractivity contribution in [2.75, 3.05) is 13.6 Å². The molecule has 2 fully saturated rings. The lowest BCUT2D eigenvalue weighted by atomic mass is 9.78. The summed E-state index contributed by atoms with van der Waals surface area (Å²) >= 11 is 0. The Morgan fingerprint density at radius 1 is 1.06 bits per heavy atom. The zero-order valence-corrected chi connectivity index (χ0v) is 11.7. The van der Waals surface area contributed by atoms with Crippen molar-refractivity contribution >= 4 is 0 Å². The molecule has 0 heterocycles. The second-order valence-corrected chi connectivity index (χ2v) is 6.57. The number of hydrogen-bond acceptors (Lipinski definition) is 2. The van der Waals surface area contributed by atoms with Crippen molar-refractivity contribution in [2.24, 2.45) is 17.6 Å². The van der Waals surface area contributed by atoms with E-state index < -0.39 is 0 Å². The van der Waals surface area contributed by atoms with Crippen LogP contribution < -0.4 is 5.73 Å². The molecule has 2 rings (SSSR count). The van der Waals surface area contributed by atoms with Crippen LogP contribution in [0.2, 0.25) is 0 Å². The minimum atomic E-state index is 0.456. The van der Waals surface area contributed by atoms with Crippen LogP contribution in [0.1, 0.15) is 58.3 Å². The van der Waals surface area contributed by atoms with Crippen LogP contribution in [0.25, 0.3) is 0 Å². The van der Waals surface area contributed by atoms with Crippen molar-refractivity contribution in [3.63, 3.8) is 0 Å². The lowest BCUT2D eigenvalue weighted by molar-refractivity contribution is 0.128. The van der Waals surface area contributed by atoms with E-state index in [1.54, 1.807) is 0 Å². The molecule has 17 heavy (non-hydrogen) atoms. The van der Waals surface area contributed by atoms with Crippen LogP contribution in [0.5, 0.6) is 0 Å². The summed E-state index contributed by atoms with van der Waals surface area (Å²) in [7, 11) is 2.32. The van der Waals surface area contributed by atoms with Crippen LogP contribution in [0.3, 0.4) is 0 Å². The van der Waals surface area contributed by atoms with Crippen molar-refractivity contribution in [3.8, 4) is 0 Å². The normalized spacial score (nSPS) is 36.4. The molecule has 0 aromatic rings. The molecule has 0 amide bonds. The quantitative estimate of drug-likeness (QED) is 0.819. The van der Waals surface area contributed by atoms with Gasteiger partial charge >= 0.3 is 0 Å². The number of nitrogens with two attached hydrogens (primary N) is 1. The van der Waals surface area contributed by atoms with Crippen molar-refractivity contribution in [1.29, 1.82) is 0 Å². The molecule has 0 radical (unpaired) electrons. The summed E-state index contributed by atoms with van der Waals surface area (Å²) in [6.07, 6.45) is 11.1. The molecule has 0 aromatic heterocycles. The Kier molecular flexibility index (Phi) is 4.87. The van der Waals surface area contributed by atoms with Gasteiger partial charge in [-0.15, -0.1) is 0 Å². The maximum absolute atomic E-state index is 6.29. The molecule has 2 nitrogen and oxygen atoms in total. The highest BCUT2D eigenvalue weighted by atomic mass is 15.1. The van der Waals surface area contributed by atoms with E-state index in [0.717, 1.165) is 17.9 Å². The zero-order chi connectivity index (χ0) is 12.3. The largest absolute Gasteiger partial charge is 0.327 e. The first kappa shape index (κ1) is 13.4. The van der Waals surface area contributed by atoms with Gasteiger partial charge in [0.1, 0.15) is 0 Å². The first-order valence-electron chi connectivity index (χ1n) is 7.62. The number of hydrogen-bond donors (Lipinski definition) is 1. The van der Waals surface area contributed by atoms with Crippen molar-refractivity contribution < 1.29 is 0 Å². The van der Waals surface area contributed by atoms with E-state index in [2.05, 4.69) is 18.9 Å². The van der Waals surface area contributed by atoms with E-state index in [1.807, 2.05) is 0 Å². The summed E-state index contributed by atoms with van der Waals surface area (Å²) < 4.78 is 0. The fraction of sp³-hybridized carbons (Fsp3) is 1.00. The summed E-state index contributed by atoms with van der Waals surface area (Å²) in [6.45, 7) is 3.62. The summed E-state index contributed by atoms with van der Waals surface area (Å²) in [6, 6.07) is 1.30. The van der Waals surface area contributed by atoms with Gasteiger partial charge in [0, 0.05) is 18.6 Å². The Bertz CT molecular complexity index is 223. The number of nitrogens with zero attached hydrogens (tertiary/aromatic N) is 1. The molecule has 3 atom stereocenters. The highest BCUT2D eigenvalue weighted by Gasteiger charge is 2.28. The summed E-state index contributed by atoms with van der Waals surface area (Å²) in [5.74, 6) is 1.63. The lowest BCUT2D eigenvalue weighted by Crippen LogP contribution is -2.45. The predicted octanol–water partition coefficient (Wildman–Crippen LogP) is 3.01. The van der Waals surface area contributed by atoms with Gasteiger partial charge in [-0.2, -0.15) is 0 Å². The molecule has 0 spiro atoms. The van der Waals surface area contributed by atoms with Crippen LogP contribution in [-0.2, 0) is 0 Å². The average molecular weight is 238 g/mol. The van der Waals surface area contributed by atoms with E-state index in [0.29, 0.717) is 6.04 Å². The second-order valence-electron chi connectivity index (χ2n) is 6.57. The smallest absolute Gasteiger partial charge is 0.00923 e. The van der Waals surface area contributed by atoms with E-state index in [4.69, 9.17) is 5.73 Å². The van der Waals surface area contributed by atoms with Crippen LogP contribution in [0.4, 0.5) is 0 Å². The molecule has 0 saturated heterocycles. The molecule has 100 valence electrons. The van der Waals surface area contributed by atoms with Crippen molar-refractivity contribution in [2.45, 2.75) is 70.4 Å². The molecule has 2 aliphatic carbocycles. The Hall–Kier alpha value is -0.0800. The molecule has 2 heteroatoms. The zero-order valence-electron chi connectivity index (χ0n) is 11.7. The minimum Gasteiger partial charge on any atom is -0.327 e. The Labute approximate surface area is 107 Å². The van der Waals surface area contributed by atoms with Gasteiger partial charge in [-0.05, 0) is 51.0 Å². The van der Waals surface area contributed by atoms with Gasteiger partial charge in [0.25, 0.3) is 0 Å². The van der Waals surface area contributed by atoms with E-state index in [9.17, 15) is 0 Å². The topological polar surface area (TPSA) is 29.3 Å². The van der Waals surface area contributed by atoms with E-state index in [1.165, 1.54) is 57.9 Å². The summed E-state index contributed by atoms with van der Waals surface area (Å²) in [4.78, 5) is 2.61. The minimum absolute atomic E-state index is 0.456. The molecule has 0 aliphatic heterocycles. The van der Waals surface area contributed by atoms with Crippen molar-refractivity contribution in [3.05, 3.63) is 0 Å². The van der Waals surface area contributed by atoms with Gasteiger partial charge in [0.2, 0.25) is 0 Å². The molecule has 0 aromatic carbocycles. The van der Waals surface area contributed by atoms with E-state index >= 15 is 0 Å². The highest BCUT2D eigenvalue weighted by Crippen LogP contribution is 2.30. The predicted molar refractivity (Wildman–Crippen MR) is 74.0 cm³/mol. The first-order chi connectivity index (χ1) is 8.16. The highest BCUT2D eigenvalue weighted by molar-refractivity contribution is 4.84. The number of rotatable bonds is 3. The fourth-order valence-electron chi connectivity index (χ4n) is 3.77. The third-order valence-corrected chi connectivity index (χ3v) is 5.02. The second kappa shape index (κ2) is 6.19. The van der Waals surface area contributed by atoms with Crippen LogP contribution in [-0.4, -0.2) is 30.6 Å². The monoisotopic (exact) mass is 238 g/mol. The third-order valence-electron chi connectivity index (χ3n) is 5.02. The van der Waals surface area contributed by atoms with Gasteiger partial charge in [-0.25, -0.2) is 0 Å². The molecular formula is C15H30N2. The van der Waals surface area contributed by atoms with Gasteiger partial charge in [-0.3, -0.25) is 0 Å². The van der Waals surface area contributed by atoms with Gasteiger partial charge in [-0.1, -0.05) is 26.2 Å². The molecule has 2 N–H and O–H groups in total. The average Bonchev–Trinajstić information content (AvgIpc) is 2.35. The standard InChI is InChI=1S/C15H30N2/c1-12-8-9-15(16)13(10-12)11-17(2)14-6-4-3-5-7-14/h12-15H,3-11,16H2,1-2H3. The van der Waals surface area contributed by atoms with E-state index in [-0.39, 0.29) is 0 Å². The SMILES string of the molecule is CC1CCC(N)C(CN(C)C2CCCCC2)C1. The Morgan fingerprint density at radius 2 is 1.76 bits per heavy atom. The van der Waals surface area contributed by atoms with Gasteiger partial charge < -0.3 is 10.6 Å². The first-order valence-corrected chi connectivity index (χ1v) is 7.62. The maximum Gasteiger partial charge on any atom is 0.00923 e. The Morgan fingerprint density at radius 3 is 2.47 bits per heavy atom. The van der Waals surface area contributed by atoms with Crippen molar-refractivity contribution in [1.82, 2.24) is 4.90 Å².